The largest absolute Gasteiger partial charge is 0.493 e. The first kappa shape index (κ1) is 16.8. The SMILES string of the molecule is CC(C)(C)c1ccccc1OCCCCC1=CCc2ccccc21. The summed E-state index contributed by atoms with van der Waals surface area (Å²) in [7, 11) is 0. The summed E-state index contributed by atoms with van der Waals surface area (Å²) < 4.78 is 6.08. The van der Waals surface area contributed by atoms with Crippen LogP contribution in [0.3, 0.4) is 0 Å². The van der Waals surface area contributed by atoms with Crippen molar-refractivity contribution in [1.82, 2.24) is 0 Å². The van der Waals surface area contributed by atoms with Crippen LogP contribution in [0.4, 0.5) is 0 Å². The minimum absolute atomic E-state index is 0.120. The molecule has 24 heavy (non-hydrogen) atoms. The second kappa shape index (κ2) is 7.25. The van der Waals surface area contributed by atoms with E-state index in [1.54, 1.807) is 0 Å². The number of para-hydroxylation sites is 1. The lowest BCUT2D eigenvalue weighted by atomic mass is 9.86. The highest BCUT2D eigenvalue weighted by Gasteiger charge is 2.18. The zero-order chi connectivity index (χ0) is 17.0. The lowest BCUT2D eigenvalue weighted by molar-refractivity contribution is 0.299. The van der Waals surface area contributed by atoms with Crippen LogP contribution in [-0.4, -0.2) is 6.61 Å². The van der Waals surface area contributed by atoms with Gasteiger partial charge in [0, 0.05) is 0 Å². The molecule has 0 bridgehead atoms. The summed E-state index contributed by atoms with van der Waals surface area (Å²) in [5.41, 5.74) is 5.85. The van der Waals surface area contributed by atoms with Gasteiger partial charge in [-0.05, 0) is 59.4 Å². The van der Waals surface area contributed by atoms with Gasteiger partial charge in [0.2, 0.25) is 0 Å². The van der Waals surface area contributed by atoms with Crippen molar-refractivity contribution in [1.29, 1.82) is 0 Å². The number of allylic oxidation sites excluding steroid dienone is 2. The molecule has 0 atom stereocenters. The molecule has 0 heterocycles. The number of fused-ring (bicyclic) bond motifs is 1. The van der Waals surface area contributed by atoms with E-state index in [-0.39, 0.29) is 5.41 Å². The monoisotopic (exact) mass is 320 g/mol. The maximum atomic E-state index is 6.08. The van der Waals surface area contributed by atoms with Crippen molar-refractivity contribution in [3.63, 3.8) is 0 Å². The summed E-state index contributed by atoms with van der Waals surface area (Å²) in [5, 5.41) is 0. The van der Waals surface area contributed by atoms with Crippen LogP contribution >= 0.6 is 0 Å². The normalized spacial score (nSPS) is 13.5. The molecule has 0 fully saturated rings. The van der Waals surface area contributed by atoms with Gasteiger partial charge in [-0.15, -0.1) is 0 Å². The minimum atomic E-state index is 0.120. The van der Waals surface area contributed by atoms with E-state index in [4.69, 9.17) is 4.74 Å². The average molecular weight is 320 g/mol. The fraction of sp³-hybridized carbons (Fsp3) is 0.391. The number of rotatable bonds is 6. The molecule has 0 unspecified atom stereocenters. The fourth-order valence-corrected chi connectivity index (χ4v) is 3.40. The Balaban J connectivity index is 1.48. The summed E-state index contributed by atoms with van der Waals surface area (Å²) in [5.74, 6) is 1.04. The predicted molar refractivity (Wildman–Crippen MR) is 103 cm³/mol. The zero-order valence-corrected chi connectivity index (χ0v) is 15.1. The first-order chi connectivity index (χ1) is 11.6. The molecule has 0 saturated carbocycles. The van der Waals surface area contributed by atoms with Crippen molar-refractivity contribution in [2.75, 3.05) is 6.61 Å². The molecule has 126 valence electrons. The van der Waals surface area contributed by atoms with E-state index >= 15 is 0 Å². The van der Waals surface area contributed by atoms with Crippen LogP contribution in [0.2, 0.25) is 0 Å². The number of benzene rings is 2. The number of hydrogen-bond donors (Lipinski definition) is 0. The van der Waals surface area contributed by atoms with Gasteiger partial charge >= 0.3 is 0 Å². The Morgan fingerprint density at radius 2 is 1.67 bits per heavy atom. The molecular formula is C23H28O. The maximum Gasteiger partial charge on any atom is 0.123 e. The van der Waals surface area contributed by atoms with Crippen molar-refractivity contribution in [3.8, 4) is 5.75 Å². The Bertz CT molecular complexity index is 719. The van der Waals surface area contributed by atoms with Crippen LogP contribution < -0.4 is 4.74 Å². The molecule has 1 aliphatic rings. The molecule has 0 N–H and O–H groups in total. The van der Waals surface area contributed by atoms with E-state index in [0.29, 0.717) is 0 Å². The summed E-state index contributed by atoms with van der Waals surface area (Å²) in [6, 6.07) is 17.2. The minimum Gasteiger partial charge on any atom is -0.493 e. The van der Waals surface area contributed by atoms with Gasteiger partial charge in [0.1, 0.15) is 5.75 Å². The average Bonchev–Trinajstić information content (AvgIpc) is 2.97. The number of unbranched alkanes of at least 4 members (excludes halogenated alkanes) is 1. The third-order valence-electron chi connectivity index (χ3n) is 4.72. The Morgan fingerprint density at radius 3 is 2.50 bits per heavy atom. The molecule has 2 aromatic rings. The lowest BCUT2D eigenvalue weighted by Crippen LogP contribution is -2.13. The lowest BCUT2D eigenvalue weighted by Gasteiger charge is -2.22. The van der Waals surface area contributed by atoms with E-state index in [1.807, 2.05) is 0 Å². The van der Waals surface area contributed by atoms with E-state index < -0.39 is 0 Å². The molecule has 0 aromatic heterocycles. The third-order valence-corrected chi connectivity index (χ3v) is 4.72. The Labute approximate surface area is 146 Å². The molecular weight excluding hydrogens is 292 g/mol. The number of hydrogen-bond acceptors (Lipinski definition) is 1. The molecule has 0 spiro atoms. The van der Waals surface area contributed by atoms with E-state index in [2.05, 4.69) is 75.4 Å². The van der Waals surface area contributed by atoms with Crippen LogP contribution in [0.1, 0.15) is 56.7 Å². The zero-order valence-electron chi connectivity index (χ0n) is 15.1. The van der Waals surface area contributed by atoms with E-state index in [0.717, 1.165) is 31.6 Å². The van der Waals surface area contributed by atoms with Gasteiger partial charge in [0.05, 0.1) is 6.61 Å². The van der Waals surface area contributed by atoms with E-state index in [9.17, 15) is 0 Å². The topological polar surface area (TPSA) is 9.23 Å². The Hall–Kier alpha value is -2.02. The van der Waals surface area contributed by atoms with Crippen LogP contribution in [-0.2, 0) is 11.8 Å². The van der Waals surface area contributed by atoms with E-state index in [1.165, 1.54) is 28.7 Å². The van der Waals surface area contributed by atoms with Crippen molar-refractivity contribution in [2.45, 2.75) is 51.9 Å². The molecule has 3 rings (SSSR count). The van der Waals surface area contributed by atoms with Gasteiger partial charge in [0.15, 0.2) is 0 Å². The van der Waals surface area contributed by atoms with Gasteiger partial charge in [0.25, 0.3) is 0 Å². The van der Waals surface area contributed by atoms with Gasteiger partial charge < -0.3 is 4.74 Å². The second-order valence-corrected chi connectivity index (χ2v) is 7.64. The van der Waals surface area contributed by atoms with Crippen LogP contribution in [0.15, 0.2) is 54.6 Å². The Morgan fingerprint density at radius 1 is 0.917 bits per heavy atom. The highest BCUT2D eigenvalue weighted by atomic mass is 16.5. The summed E-state index contributed by atoms with van der Waals surface area (Å²) in [6.45, 7) is 7.50. The molecule has 1 heteroatoms. The van der Waals surface area contributed by atoms with Crippen molar-refractivity contribution < 1.29 is 4.74 Å². The van der Waals surface area contributed by atoms with Gasteiger partial charge in [-0.3, -0.25) is 0 Å². The first-order valence-electron chi connectivity index (χ1n) is 9.05. The van der Waals surface area contributed by atoms with Gasteiger partial charge in [-0.1, -0.05) is 69.3 Å². The molecule has 0 amide bonds. The molecule has 0 aliphatic heterocycles. The maximum absolute atomic E-state index is 6.08. The van der Waals surface area contributed by atoms with Gasteiger partial charge in [-0.25, -0.2) is 0 Å². The smallest absolute Gasteiger partial charge is 0.123 e. The quantitative estimate of drug-likeness (QED) is 0.578. The standard InChI is InChI=1S/C23H28O/c1-23(2,3)21-13-6-7-14-22(21)24-17-9-8-11-19-16-15-18-10-4-5-12-20(18)19/h4-7,10,12-14,16H,8-9,11,15,17H2,1-3H3. The second-order valence-electron chi connectivity index (χ2n) is 7.64. The predicted octanol–water partition coefficient (Wildman–Crippen LogP) is 6.17. The molecule has 1 nitrogen and oxygen atoms in total. The summed E-state index contributed by atoms with van der Waals surface area (Å²) in [4.78, 5) is 0. The molecule has 1 aliphatic carbocycles. The van der Waals surface area contributed by atoms with Gasteiger partial charge in [-0.2, -0.15) is 0 Å². The molecule has 0 radical (unpaired) electrons. The highest BCUT2D eigenvalue weighted by molar-refractivity contribution is 5.72. The van der Waals surface area contributed by atoms with Crippen molar-refractivity contribution >= 4 is 5.57 Å². The highest BCUT2D eigenvalue weighted by Crippen LogP contribution is 2.32. The summed E-state index contributed by atoms with van der Waals surface area (Å²) in [6.07, 6.45) is 6.92. The van der Waals surface area contributed by atoms with Crippen LogP contribution in [0, 0.1) is 0 Å². The Kier molecular flexibility index (Phi) is 5.08. The third kappa shape index (κ3) is 3.90. The summed E-state index contributed by atoms with van der Waals surface area (Å²) >= 11 is 0. The number of ether oxygens (including phenoxy) is 1. The van der Waals surface area contributed by atoms with Crippen molar-refractivity contribution in [3.05, 3.63) is 71.3 Å². The van der Waals surface area contributed by atoms with Crippen LogP contribution in [0.5, 0.6) is 5.75 Å². The van der Waals surface area contributed by atoms with Crippen molar-refractivity contribution in [2.24, 2.45) is 0 Å². The molecule has 2 aromatic carbocycles. The first-order valence-corrected chi connectivity index (χ1v) is 9.05. The fourth-order valence-electron chi connectivity index (χ4n) is 3.40. The van der Waals surface area contributed by atoms with Crippen LogP contribution in [0.25, 0.3) is 5.57 Å². The molecule has 0 saturated heterocycles.